The first-order chi connectivity index (χ1) is 11.1. The highest BCUT2D eigenvalue weighted by molar-refractivity contribution is 5.89. The fourth-order valence-electron chi connectivity index (χ4n) is 2.99. The molecule has 1 fully saturated rings. The summed E-state index contributed by atoms with van der Waals surface area (Å²) in [6.07, 6.45) is 4.89. The molecule has 2 heterocycles. The van der Waals surface area contributed by atoms with Gasteiger partial charge in [0.2, 0.25) is 11.8 Å². The molecule has 1 aromatic carbocycles. The van der Waals surface area contributed by atoms with E-state index >= 15 is 0 Å². The molecular weight excluding hydrogens is 292 g/mol. The van der Waals surface area contributed by atoms with Crippen LogP contribution >= 0.6 is 0 Å². The summed E-state index contributed by atoms with van der Waals surface area (Å²) >= 11 is 0. The van der Waals surface area contributed by atoms with E-state index in [9.17, 15) is 9.59 Å². The van der Waals surface area contributed by atoms with Gasteiger partial charge < -0.3 is 14.4 Å². The first-order valence-electron chi connectivity index (χ1n) is 7.64. The molecule has 2 amide bonds. The van der Waals surface area contributed by atoms with Crippen LogP contribution in [0.2, 0.25) is 0 Å². The van der Waals surface area contributed by atoms with Crippen LogP contribution in [0.5, 0.6) is 0 Å². The lowest BCUT2D eigenvalue weighted by molar-refractivity contribution is -0.137. The quantitative estimate of drug-likeness (QED) is 0.860. The van der Waals surface area contributed by atoms with E-state index in [2.05, 4.69) is 4.98 Å². The fourth-order valence-corrected chi connectivity index (χ4v) is 2.99. The van der Waals surface area contributed by atoms with Crippen LogP contribution in [0.1, 0.15) is 18.7 Å². The maximum absolute atomic E-state index is 12.9. The molecule has 0 bridgehead atoms. The lowest BCUT2D eigenvalue weighted by atomic mass is 10.1. The second-order valence-corrected chi connectivity index (χ2v) is 5.92. The van der Waals surface area contributed by atoms with Crippen LogP contribution in [-0.2, 0) is 16.1 Å². The molecule has 2 unspecified atom stereocenters. The van der Waals surface area contributed by atoms with Gasteiger partial charge in [-0.15, -0.1) is 0 Å². The van der Waals surface area contributed by atoms with Gasteiger partial charge in [0.25, 0.3) is 0 Å². The molecule has 6 heteroatoms. The summed E-state index contributed by atoms with van der Waals surface area (Å²) in [7, 11) is 1.74. The predicted molar refractivity (Wildman–Crippen MR) is 85.1 cm³/mol. The van der Waals surface area contributed by atoms with E-state index in [1.165, 1.54) is 0 Å². The summed E-state index contributed by atoms with van der Waals surface area (Å²) in [5.41, 5.74) is 0.948. The molecule has 3 rings (SSSR count). The van der Waals surface area contributed by atoms with Gasteiger partial charge in [-0.1, -0.05) is 37.3 Å². The number of carbonyl (C=O) groups is 2. The summed E-state index contributed by atoms with van der Waals surface area (Å²) in [6.45, 7) is 2.56. The molecule has 1 aliphatic rings. The molecule has 0 N–H and O–H groups in total. The van der Waals surface area contributed by atoms with Crippen LogP contribution in [0.3, 0.4) is 0 Å². The lowest BCUT2D eigenvalue weighted by Gasteiger charge is -2.30. The second kappa shape index (κ2) is 6.24. The smallest absolute Gasteiger partial charge is 0.243 e. The van der Waals surface area contributed by atoms with Crippen LogP contribution in [0, 0.1) is 5.92 Å². The van der Waals surface area contributed by atoms with Crippen molar-refractivity contribution in [2.24, 2.45) is 5.92 Å². The Balaban J connectivity index is 1.81. The van der Waals surface area contributed by atoms with Gasteiger partial charge >= 0.3 is 0 Å². The van der Waals surface area contributed by atoms with E-state index in [-0.39, 0.29) is 30.4 Å². The Hall–Kier alpha value is -2.63. The highest BCUT2D eigenvalue weighted by atomic mass is 16.2. The number of amides is 2. The lowest BCUT2D eigenvalue weighted by Crippen LogP contribution is -2.38. The number of rotatable bonds is 4. The van der Waals surface area contributed by atoms with Crippen molar-refractivity contribution in [2.45, 2.75) is 19.6 Å². The Morgan fingerprint density at radius 3 is 2.74 bits per heavy atom. The number of carbonyl (C=O) groups excluding carboxylic acids is 2. The standard InChI is InChI=1S/C17H20N4O2/c1-13(10-20-9-8-18-12-20)17(23)21-11-15(22)19(2)16(21)14-6-4-3-5-7-14/h3-9,12-13,16H,10-11H2,1-2H3. The Morgan fingerprint density at radius 1 is 1.35 bits per heavy atom. The molecule has 23 heavy (non-hydrogen) atoms. The number of aromatic nitrogens is 2. The summed E-state index contributed by atoms with van der Waals surface area (Å²) in [6, 6.07) is 9.66. The topological polar surface area (TPSA) is 58.4 Å². The first-order valence-corrected chi connectivity index (χ1v) is 7.64. The molecule has 0 radical (unpaired) electrons. The van der Waals surface area contributed by atoms with Gasteiger partial charge in [-0.3, -0.25) is 9.59 Å². The number of nitrogens with zero attached hydrogens (tertiary/aromatic N) is 4. The van der Waals surface area contributed by atoms with Gasteiger partial charge in [-0.05, 0) is 5.56 Å². The minimum atomic E-state index is -0.332. The molecule has 0 spiro atoms. The summed E-state index contributed by atoms with van der Waals surface area (Å²) in [5.74, 6) is -0.290. The first kappa shape index (κ1) is 15.3. The monoisotopic (exact) mass is 312 g/mol. The van der Waals surface area contributed by atoms with Crippen LogP contribution in [0.25, 0.3) is 0 Å². The maximum atomic E-state index is 12.9. The zero-order valence-electron chi connectivity index (χ0n) is 13.3. The van der Waals surface area contributed by atoms with Crippen LogP contribution in [-0.4, -0.2) is 44.8 Å². The third kappa shape index (κ3) is 2.97. The van der Waals surface area contributed by atoms with Gasteiger partial charge in [-0.2, -0.15) is 0 Å². The van der Waals surface area contributed by atoms with Crippen molar-refractivity contribution in [1.29, 1.82) is 0 Å². The molecule has 0 saturated carbocycles. The van der Waals surface area contributed by atoms with Crippen molar-refractivity contribution in [3.63, 3.8) is 0 Å². The summed E-state index contributed by atoms with van der Waals surface area (Å²) in [5, 5.41) is 0. The van der Waals surface area contributed by atoms with Crippen molar-refractivity contribution in [1.82, 2.24) is 19.4 Å². The van der Waals surface area contributed by atoms with Crippen molar-refractivity contribution < 1.29 is 9.59 Å². The number of likely N-dealkylation sites (N-methyl/N-ethyl adjacent to an activating group) is 1. The third-order valence-corrected chi connectivity index (χ3v) is 4.21. The van der Waals surface area contributed by atoms with Gasteiger partial charge in [0, 0.05) is 26.0 Å². The van der Waals surface area contributed by atoms with Crippen LogP contribution in [0.4, 0.5) is 0 Å². The molecule has 0 aliphatic carbocycles. The van der Waals surface area contributed by atoms with Crippen molar-refractivity contribution >= 4 is 11.8 Å². The normalized spacial score (nSPS) is 19.2. The predicted octanol–water partition coefficient (Wildman–Crippen LogP) is 1.52. The van der Waals surface area contributed by atoms with E-state index in [0.29, 0.717) is 6.54 Å². The van der Waals surface area contributed by atoms with E-state index in [1.54, 1.807) is 29.4 Å². The van der Waals surface area contributed by atoms with Gasteiger partial charge in [-0.25, -0.2) is 4.98 Å². The number of hydrogen-bond acceptors (Lipinski definition) is 3. The Morgan fingerprint density at radius 2 is 2.09 bits per heavy atom. The third-order valence-electron chi connectivity index (χ3n) is 4.21. The SMILES string of the molecule is CC(Cn1ccnc1)C(=O)N1CC(=O)N(C)C1c1ccccc1. The number of benzene rings is 1. The average Bonchev–Trinajstić information content (AvgIpc) is 3.16. The zero-order chi connectivity index (χ0) is 16.4. The Kier molecular flexibility index (Phi) is 4.14. The zero-order valence-corrected chi connectivity index (χ0v) is 13.3. The highest BCUT2D eigenvalue weighted by Gasteiger charge is 2.40. The number of imidazole rings is 1. The molecule has 1 saturated heterocycles. The molecule has 6 nitrogen and oxygen atoms in total. The highest BCUT2D eigenvalue weighted by Crippen LogP contribution is 2.30. The Bertz CT molecular complexity index is 684. The van der Waals surface area contributed by atoms with E-state index in [4.69, 9.17) is 0 Å². The van der Waals surface area contributed by atoms with Crippen molar-refractivity contribution in [2.75, 3.05) is 13.6 Å². The second-order valence-electron chi connectivity index (χ2n) is 5.92. The Labute approximate surface area is 135 Å². The molecule has 1 aromatic heterocycles. The van der Waals surface area contributed by atoms with E-state index in [0.717, 1.165) is 5.56 Å². The number of hydrogen-bond donors (Lipinski definition) is 0. The molecule has 2 atom stereocenters. The van der Waals surface area contributed by atoms with Gasteiger partial charge in [0.15, 0.2) is 0 Å². The van der Waals surface area contributed by atoms with Gasteiger partial charge in [0.05, 0.1) is 12.2 Å². The molecule has 1 aliphatic heterocycles. The van der Waals surface area contributed by atoms with Gasteiger partial charge in [0.1, 0.15) is 12.7 Å². The minimum absolute atomic E-state index is 0.0229. The van der Waals surface area contributed by atoms with Crippen molar-refractivity contribution in [3.8, 4) is 0 Å². The summed E-state index contributed by atoms with van der Waals surface area (Å²) in [4.78, 5) is 32.3. The van der Waals surface area contributed by atoms with E-state index < -0.39 is 0 Å². The van der Waals surface area contributed by atoms with Crippen LogP contribution < -0.4 is 0 Å². The summed E-state index contributed by atoms with van der Waals surface area (Å²) < 4.78 is 1.88. The van der Waals surface area contributed by atoms with Crippen molar-refractivity contribution in [3.05, 3.63) is 54.6 Å². The minimum Gasteiger partial charge on any atom is -0.337 e. The average molecular weight is 312 g/mol. The molecule has 120 valence electrons. The largest absolute Gasteiger partial charge is 0.337 e. The van der Waals surface area contributed by atoms with Crippen LogP contribution in [0.15, 0.2) is 49.1 Å². The molecular formula is C17H20N4O2. The van der Waals surface area contributed by atoms with E-state index in [1.807, 2.05) is 48.0 Å². The fraction of sp³-hybridized carbons (Fsp3) is 0.353. The molecule has 2 aromatic rings. The maximum Gasteiger partial charge on any atom is 0.243 e.